The molecule has 0 bridgehead atoms. The first-order chi connectivity index (χ1) is 17.5. The zero-order chi connectivity index (χ0) is 26.4. The summed E-state index contributed by atoms with van der Waals surface area (Å²) in [7, 11) is 0. The summed E-state index contributed by atoms with van der Waals surface area (Å²) < 4.78 is 10.7. The lowest BCUT2D eigenvalue weighted by atomic mass is 10.1. The van der Waals surface area contributed by atoms with Crippen LogP contribution in [0.1, 0.15) is 112 Å². The first-order valence-corrected chi connectivity index (χ1v) is 13.5. The number of hydrogen-bond donors (Lipinski definition) is 2. The molecule has 0 aliphatic heterocycles. The molecule has 0 fully saturated rings. The van der Waals surface area contributed by atoms with Crippen molar-refractivity contribution in [2.75, 3.05) is 24.7 Å². The molecule has 200 valence electrons. The second-order valence-electron chi connectivity index (χ2n) is 9.02. The average molecular weight is 499 g/mol. The minimum Gasteiger partial charge on any atom is -0.462 e. The molecule has 0 unspecified atom stereocenters. The molecule has 0 saturated carbocycles. The molecule has 0 heterocycles. The van der Waals surface area contributed by atoms with E-state index >= 15 is 0 Å². The van der Waals surface area contributed by atoms with Crippen LogP contribution in [0.5, 0.6) is 0 Å². The van der Waals surface area contributed by atoms with E-state index in [-0.39, 0.29) is 0 Å². The number of anilines is 2. The Balaban J connectivity index is 0.000000681. The quantitative estimate of drug-likeness (QED) is 0.140. The van der Waals surface area contributed by atoms with Gasteiger partial charge in [-0.1, -0.05) is 90.2 Å². The maximum absolute atomic E-state index is 12.4. The molecule has 2 aromatic rings. The number of carbonyl (C=O) groups excluding carboxylic acids is 2. The Morgan fingerprint density at radius 2 is 0.889 bits per heavy atom. The molecule has 0 aromatic heterocycles. The fourth-order valence-corrected chi connectivity index (χ4v) is 3.59. The summed E-state index contributed by atoms with van der Waals surface area (Å²) >= 11 is 0. The second-order valence-corrected chi connectivity index (χ2v) is 9.02. The molecule has 0 aliphatic carbocycles. The van der Waals surface area contributed by atoms with Gasteiger partial charge in [0, 0.05) is 11.4 Å². The number of rotatable bonds is 16. The van der Waals surface area contributed by atoms with E-state index in [1.807, 2.05) is 0 Å². The highest BCUT2D eigenvalue weighted by Gasteiger charge is 2.18. The zero-order valence-corrected chi connectivity index (χ0v) is 22.3. The van der Waals surface area contributed by atoms with Gasteiger partial charge in [-0.05, 0) is 49.2 Å². The molecule has 6 heteroatoms. The molecule has 2 rings (SSSR count). The second kappa shape index (κ2) is 20.2. The summed E-state index contributed by atoms with van der Waals surface area (Å²) in [6.45, 7) is 5.17. The predicted molar refractivity (Wildman–Crippen MR) is 149 cm³/mol. The third-order valence-corrected chi connectivity index (χ3v) is 5.77. The maximum Gasteiger partial charge on any atom is 0.339 e. The molecule has 2 aromatic carbocycles. The van der Waals surface area contributed by atoms with E-state index in [1.165, 1.54) is 51.4 Å². The van der Waals surface area contributed by atoms with Crippen LogP contribution >= 0.6 is 0 Å². The largest absolute Gasteiger partial charge is 0.462 e. The van der Waals surface area contributed by atoms with Crippen LogP contribution in [0.4, 0.5) is 11.4 Å². The standard InChI is InChI=1S/C24H38O4.C6H8N2/c1-3-5-7-9-11-15-19-27-23(25)21-17-13-14-18-22(21)24(26)28-20-16-12-10-8-6-4-2;7-5-1-2-6(8)4-3-5/h13-14,17-18H,3-12,15-16,19-20H2,1-2H3;1-4H,7-8H2. The van der Waals surface area contributed by atoms with Crippen molar-refractivity contribution in [3.63, 3.8) is 0 Å². The molecule has 0 aliphatic rings. The van der Waals surface area contributed by atoms with Gasteiger partial charge in [-0.25, -0.2) is 9.59 Å². The van der Waals surface area contributed by atoms with E-state index in [0.29, 0.717) is 24.3 Å². The molecule has 4 N–H and O–H groups in total. The van der Waals surface area contributed by atoms with E-state index in [0.717, 1.165) is 37.1 Å². The molecular weight excluding hydrogens is 452 g/mol. The average Bonchev–Trinajstić information content (AvgIpc) is 2.89. The normalized spacial score (nSPS) is 10.3. The number of ether oxygens (including phenoxy) is 2. The number of nitrogens with two attached hydrogens (primary N) is 2. The molecule has 6 nitrogen and oxygen atoms in total. The summed E-state index contributed by atoms with van der Waals surface area (Å²) in [5.74, 6) is -0.888. The number of esters is 2. The van der Waals surface area contributed by atoms with Crippen LogP contribution in [-0.2, 0) is 9.47 Å². The number of nitrogen functional groups attached to an aromatic ring is 2. The van der Waals surface area contributed by atoms with Crippen LogP contribution in [0.25, 0.3) is 0 Å². The van der Waals surface area contributed by atoms with Gasteiger partial charge in [-0.2, -0.15) is 0 Å². The topological polar surface area (TPSA) is 105 Å². The van der Waals surface area contributed by atoms with Crippen molar-refractivity contribution in [3.05, 3.63) is 59.7 Å². The minimum absolute atomic E-state index is 0.293. The lowest BCUT2D eigenvalue weighted by molar-refractivity contribution is 0.0450. The summed E-state index contributed by atoms with van der Waals surface area (Å²) in [4.78, 5) is 24.7. The van der Waals surface area contributed by atoms with Gasteiger partial charge in [0.1, 0.15) is 0 Å². The summed E-state index contributed by atoms with van der Waals surface area (Å²) in [6, 6.07) is 13.8. The van der Waals surface area contributed by atoms with Crippen molar-refractivity contribution in [1.29, 1.82) is 0 Å². The molecule has 0 radical (unpaired) electrons. The number of carbonyl (C=O) groups is 2. The van der Waals surface area contributed by atoms with Crippen LogP contribution in [0.3, 0.4) is 0 Å². The van der Waals surface area contributed by atoms with Crippen molar-refractivity contribution in [3.8, 4) is 0 Å². The van der Waals surface area contributed by atoms with Crippen LogP contribution in [-0.4, -0.2) is 25.2 Å². The Morgan fingerprint density at radius 1 is 0.556 bits per heavy atom. The van der Waals surface area contributed by atoms with Gasteiger partial charge in [0.25, 0.3) is 0 Å². The van der Waals surface area contributed by atoms with E-state index in [9.17, 15) is 9.59 Å². The Morgan fingerprint density at radius 3 is 1.25 bits per heavy atom. The fraction of sp³-hybridized carbons (Fsp3) is 0.533. The van der Waals surface area contributed by atoms with Crippen molar-refractivity contribution < 1.29 is 19.1 Å². The Hall–Kier alpha value is -3.02. The monoisotopic (exact) mass is 498 g/mol. The number of benzene rings is 2. The Kier molecular flexibility index (Phi) is 17.4. The summed E-state index contributed by atoms with van der Waals surface area (Å²) in [6.07, 6.45) is 13.6. The number of hydrogen-bond acceptors (Lipinski definition) is 6. The third-order valence-electron chi connectivity index (χ3n) is 5.77. The molecule has 0 saturated heterocycles. The van der Waals surface area contributed by atoms with Crippen molar-refractivity contribution in [2.45, 2.75) is 90.9 Å². The van der Waals surface area contributed by atoms with Crippen molar-refractivity contribution >= 4 is 23.3 Å². The van der Waals surface area contributed by atoms with E-state index in [4.69, 9.17) is 20.9 Å². The zero-order valence-electron chi connectivity index (χ0n) is 22.3. The summed E-state index contributed by atoms with van der Waals surface area (Å²) in [5.41, 5.74) is 12.8. The highest BCUT2D eigenvalue weighted by molar-refractivity contribution is 6.03. The Bertz CT molecular complexity index is 782. The molecule has 0 amide bonds. The van der Waals surface area contributed by atoms with Gasteiger partial charge in [0.2, 0.25) is 0 Å². The first-order valence-electron chi connectivity index (χ1n) is 13.5. The highest BCUT2D eigenvalue weighted by Crippen LogP contribution is 2.14. The van der Waals surface area contributed by atoms with Crippen molar-refractivity contribution in [2.24, 2.45) is 0 Å². The van der Waals surface area contributed by atoms with Crippen LogP contribution < -0.4 is 11.5 Å². The van der Waals surface area contributed by atoms with Gasteiger partial charge in [0.15, 0.2) is 0 Å². The third kappa shape index (κ3) is 14.4. The highest BCUT2D eigenvalue weighted by atomic mass is 16.5. The SMILES string of the molecule is CCCCCCCCOC(=O)c1ccccc1C(=O)OCCCCCCCC.Nc1ccc(N)cc1. The Labute approximate surface area is 217 Å². The van der Waals surface area contributed by atoms with Gasteiger partial charge < -0.3 is 20.9 Å². The molecular formula is C30H46N2O4. The first kappa shape index (κ1) is 31.0. The van der Waals surface area contributed by atoms with E-state index in [2.05, 4.69) is 13.8 Å². The lowest BCUT2D eigenvalue weighted by Crippen LogP contribution is -2.15. The smallest absolute Gasteiger partial charge is 0.339 e. The fourth-order valence-electron chi connectivity index (χ4n) is 3.59. The van der Waals surface area contributed by atoms with Gasteiger partial charge in [-0.3, -0.25) is 0 Å². The molecule has 0 atom stereocenters. The van der Waals surface area contributed by atoms with E-state index in [1.54, 1.807) is 48.5 Å². The van der Waals surface area contributed by atoms with Crippen LogP contribution in [0.15, 0.2) is 48.5 Å². The van der Waals surface area contributed by atoms with Gasteiger partial charge in [-0.15, -0.1) is 0 Å². The van der Waals surface area contributed by atoms with Gasteiger partial charge >= 0.3 is 11.9 Å². The van der Waals surface area contributed by atoms with Crippen LogP contribution in [0.2, 0.25) is 0 Å². The van der Waals surface area contributed by atoms with Gasteiger partial charge in [0.05, 0.1) is 24.3 Å². The summed E-state index contributed by atoms with van der Waals surface area (Å²) in [5, 5.41) is 0. The molecule has 36 heavy (non-hydrogen) atoms. The van der Waals surface area contributed by atoms with Crippen LogP contribution in [0, 0.1) is 0 Å². The molecule has 0 spiro atoms. The van der Waals surface area contributed by atoms with Crippen molar-refractivity contribution in [1.82, 2.24) is 0 Å². The minimum atomic E-state index is -0.444. The lowest BCUT2D eigenvalue weighted by Gasteiger charge is -2.10. The maximum atomic E-state index is 12.4. The number of unbranched alkanes of at least 4 members (excludes halogenated alkanes) is 10. The predicted octanol–water partition coefficient (Wildman–Crippen LogP) is 7.57. The van der Waals surface area contributed by atoms with E-state index < -0.39 is 11.9 Å².